The van der Waals surface area contributed by atoms with Crippen molar-refractivity contribution in [1.82, 2.24) is 24.3 Å². The number of fused-ring (bicyclic) bond motifs is 1. The Morgan fingerprint density at radius 2 is 1.71 bits per heavy atom. The number of benzene rings is 1. The van der Waals surface area contributed by atoms with Gasteiger partial charge in [-0.15, -0.1) is 0 Å². The van der Waals surface area contributed by atoms with E-state index in [-0.39, 0.29) is 5.91 Å². The monoisotopic (exact) mass is 583 g/mol. The Bertz CT molecular complexity index is 1200. The third-order valence-electron chi connectivity index (χ3n) is 7.37. The van der Waals surface area contributed by atoms with E-state index in [9.17, 15) is 4.79 Å². The molecule has 206 valence electrons. The van der Waals surface area contributed by atoms with Crippen LogP contribution >= 0.6 is 15.9 Å². The van der Waals surface area contributed by atoms with Crippen molar-refractivity contribution in [3.8, 4) is 17.1 Å². The summed E-state index contributed by atoms with van der Waals surface area (Å²) in [5, 5.41) is 0. The van der Waals surface area contributed by atoms with Gasteiger partial charge in [0.2, 0.25) is 0 Å². The van der Waals surface area contributed by atoms with Gasteiger partial charge in [0.25, 0.3) is 5.91 Å². The number of aromatic nitrogens is 3. The second kappa shape index (κ2) is 14.1. The van der Waals surface area contributed by atoms with Crippen molar-refractivity contribution in [3.05, 3.63) is 40.5 Å². The van der Waals surface area contributed by atoms with Crippen LogP contribution in [0.5, 0.6) is 5.75 Å². The highest BCUT2D eigenvalue weighted by molar-refractivity contribution is 9.10. The maximum absolute atomic E-state index is 13.6. The first-order valence-corrected chi connectivity index (χ1v) is 15.1. The summed E-state index contributed by atoms with van der Waals surface area (Å²) in [4.78, 5) is 28.0. The summed E-state index contributed by atoms with van der Waals surface area (Å²) in [6, 6.07) is 9.76. The van der Waals surface area contributed by atoms with E-state index in [0.29, 0.717) is 5.69 Å². The Kier molecular flexibility index (Phi) is 10.6. The summed E-state index contributed by atoms with van der Waals surface area (Å²) in [5.41, 5.74) is 2.97. The molecular formula is C30H42BrN5O2. The molecule has 0 N–H and O–H groups in total. The van der Waals surface area contributed by atoms with Gasteiger partial charge in [-0.25, -0.2) is 9.97 Å². The first kappa shape index (κ1) is 28.6. The van der Waals surface area contributed by atoms with Gasteiger partial charge < -0.3 is 19.1 Å². The average molecular weight is 585 g/mol. The van der Waals surface area contributed by atoms with Crippen LogP contribution < -0.4 is 4.74 Å². The number of hydrogen-bond acceptors (Lipinski definition) is 5. The fourth-order valence-corrected chi connectivity index (χ4v) is 5.56. The molecule has 0 radical (unpaired) electrons. The number of nitrogens with zero attached hydrogens (tertiary/aromatic N) is 5. The summed E-state index contributed by atoms with van der Waals surface area (Å²) in [5.74, 6) is 1.60. The van der Waals surface area contributed by atoms with Crippen LogP contribution in [-0.4, -0.2) is 70.1 Å². The second-order valence-electron chi connectivity index (χ2n) is 10.2. The smallest absolute Gasteiger partial charge is 0.272 e. The zero-order valence-electron chi connectivity index (χ0n) is 23.2. The van der Waals surface area contributed by atoms with Crippen LogP contribution in [0.15, 0.2) is 34.8 Å². The van der Waals surface area contributed by atoms with Crippen LogP contribution in [-0.2, 0) is 6.54 Å². The normalized spacial score (nSPS) is 14.2. The highest BCUT2D eigenvalue weighted by Crippen LogP contribution is 2.34. The maximum Gasteiger partial charge on any atom is 0.272 e. The lowest BCUT2D eigenvalue weighted by Crippen LogP contribution is -2.33. The molecule has 1 aliphatic heterocycles. The number of likely N-dealkylation sites (tertiary alicyclic amines) is 1. The molecule has 0 saturated carbocycles. The minimum Gasteiger partial charge on any atom is -0.496 e. The predicted molar refractivity (Wildman–Crippen MR) is 158 cm³/mol. The van der Waals surface area contributed by atoms with Crippen molar-refractivity contribution in [2.75, 3.05) is 39.8 Å². The number of unbranched alkanes of at least 4 members (excludes halogenated alkanes) is 2. The second-order valence-corrected chi connectivity index (χ2v) is 11.1. The van der Waals surface area contributed by atoms with Crippen molar-refractivity contribution >= 4 is 33.0 Å². The van der Waals surface area contributed by atoms with Crippen LogP contribution in [0.3, 0.4) is 0 Å². The van der Waals surface area contributed by atoms with E-state index in [0.717, 1.165) is 91.1 Å². The zero-order chi connectivity index (χ0) is 26.9. The standard InChI is InChI=1S/C30H42BrN5O2/c1-4-6-19-35(20-7-5-2)30(37)26-14-13-25-29(33-26)36(21-11-18-34-16-9-8-10-17-34)28(32-25)24-22-23(31)12-15-27(24)38-3/h12-15,22H,4-11,16-21H2,1-3H3. The third-order valence-corrected chi connectivity index (χ3v) is 7.86. The number of carbonyl (C=O) groups is 1. The Labute approximate surface area is 235 Å². The van der Waals surface area contributed by atoms with E-state index >= 15 is 0 Å². The Morgan fingerprint density at radius 3 is 2.39 bits per heavy atom. The Balaban J connectivity index is 1.71. The van der Waals surface area contributed by atoms with Crippen LogP contribution in [0.1, 0.15) is 75.7 Å². The molecule has 1 fully saturated rings. The van der Waals surface area contributed by atoms with Gasteiger partial charge in [0, 0.05) is 24.1 Å². The Hall–Kier alpha value is -2.45. The molecular weight excluding hydrogens is 542 g/mol. The van der Waals surface area contributed by atoms with E-state index in [1.165, 1.54) is 32.4 Å². The number of aryl methyl sites for hydroxylation is 1. The molecule has 1 saturated heterocycles. The summed E-state index contributed by atoms with van der Waals surface area (Å²) < 4.78 is 8.86. The van der Waals surface area contributed by atoms with Gasteiger partial charge in [-0.05, 0) is 82.1 Å². The lowest BCUT2D eigenvalue weighted by Gasteiger charge is -2.26. The summed E-state index contributed by atoms with van der Waals surface area (Å²) in [6.07, 6.45) is 9.02. The summed E-state index contributed by atoms with van der Waals surface area (Å²) >= 11 is 3.62. The van der Waals surface area contributed by atoms with Gasteiger partial charge in [-0.1, -0.05) is 49.0 Å². The van der Waals surface area contributed by atoms with E-state index in [2.05, 4.69) is 39.2 Å². The minimum atomic E-state index is 0.0106. The molecule has 7 nitrogen and oxygen atoms in total. The van der Waals surface area contributed by atoms with Gasteiger partial charge in [0.05, 0.1) is 12.7 Å². The maximum atomic E-state index is 13.6. The third kappa shape index (κ3) is 6.94. The number of halogens is 1. The minimum absolute atomic E-state index is 0.0106. The van der Waals surface area contributed by atoms with Crippen molar-refractivity contribution in [3.63, 3.8) is 0 Å². The van der Waals surface area contributed by atoms with Gasteiger partial charge >= 0.3 is 0 Å². The molecule has 0 spiro atoms. The van der Waals surface area contributed by atoms with Crippen molar-refractivity contribution in [2.24, 2.45) is 0 Å². The van der Waals surface area contributed by atoms with Crippen molar-refractivity contribution < 1.29 is 9.53 Å². The number of carbonyl (C=O) groups excluding carboxylic acids is 1. The molecule has 38 heavy (non-hydrogen) atoms. The number of methoxy groups -OCH3 is 1. The van der Waals surface area contributed by atoms with Crippen molar-refractivity contribution in [1.29, 1.82) is 0 Å². The molecule has 0 unspecified atom stereocenters. The molecule has 0 aliphatic carbocycles. The fraction of sp³-hybridized carbons (Fsp3) is 0.567. The topological polar surface area (TPSA) is 63.5 Å². The van der Waals surface area contributed by atoms with Gasteiger partial charge in [0.1, 0.15) is 22.8 Å². The van der Waals surface area contributed by atoms with Crippen LogP contribution in [0, 0.1) is 0 Å². The number of ether oxygens (including phenoxy) is 1. The molecule has 0 bridgehead atoms. The van der Waals surface area contributed by atoms with Crippen molar-refractivity contribution in [2.45, 2.75) is 71.8 Å². The summed E-state index contributed by atoms with van der Waals surface area (Å²) in [7, 11) is 1.69. The molecule has 1 aromatic carbocycles. The number of rotatable bonds is 13. The molecule has 2 aromatic heterocycles. The number of amides is 1. The van der Waals surface area contributed by atoms with E-state index in [1.807, 2.05) is 35.2 Å². The molecule has 3 heterocycles. The van der Waals surface area contributed by atoms with Gasteiger partial charge in [0.15, 0.2) is 5.65 Å². The highest BCUT2D eigenvalue weighted by atomic mass is 79.9. The number of pyridine rings is 1. The van der Waals surface area contributed by atoms with E-state index in [1.54, 1.807) is 7.11 Å². The molecule has 0 atom stereocenters. The number of imidazole rings is 1. The zero-order valence-corrected chi connectivity index (χ0v) is 24.8. The molecule has 4 rings (SSSR count). The number of piperidine rings is 1. The average Bonchev–Trinajstić information content (AvgIpc) is 3.31. The quantitative estimate of drug-likeness (QED) is 0.222. The molecule has 8 heteroatoms. The predicted octanol–water partition coefficient (Wildman–Crippen LogP) is 6.79. The SMILES string of the molecule is CCCCN(CCCC)C(=O)c1ccc2nc(-c3cc(Br)ccc3OC)n(CCCN3CCCCC3)c2n1. The highest BCUT2D eigenvalue weighted by Gasteiger charge is 2.22. The fourth-order valence-electron chi connectivity index (χ4n) is 5.20. The van der Waals surface area contributed by atoms with Crippen LogP contribution in [0.2, 0.25) is 0 Å². The van der Waals surface area contributed by atoms with Gasteiger partial charge in [-0.2, -0.15) is 0 Å². The lowest BCUT2D eigenvalue weighted by atomic mass is 10.1. The summed E-state index contributed by atoms with van der Waals surface area (Å²) in [6.45, 7) is 10.0. The largest absolute Gasteiger partial charge is 0.496 e. The van der Waals surface area contributed by atoms with E-state index in [4.69, 9.17) is 14.7 Å². The molecule has 3 aromatic rings. The molecule has 1 amide bonds. The first-order chi connectivity index (χ1) is 18.5. The van der Waals surface area contributed by atoms with Crippen LogP contribution in [0.25, 0.3) is 22.6 Å². The lowest BCUT2D eigenvalue weighted by molar-refractivity contribution is 0.0745. The molecule has 1 aliphatic rings. The Morgan fingerprint density at radius 1 is 0.974 bits per heavy atom. The van der Waals surface area contributed by atoms with Gasteiger partial charge in [-0.3, -0.25) is 4.79 Å². The van der Waals surface area contributed by atoms with Crippen LogP contribution in [0.4, 0.5) is 0 Å². The van der Waals surface area contributed by atoms with E-state index < -0.39 is 0 Å². The number of hydrogen-bond donors (Lipinski definition) is 0. The first-order valence-electron chi connectivity index (χ1n) is 14.3.